The standard InChI is InChI=1S/C28H35N7O5S/c1-18-13-22(17-29-14-18)27-32-34(5)28(35(27)24-20(3)9-8-10-23(24)39-7)33-41(36,37)21(4)25(40-12-11-38-6)26-30-15-19(2)16-31-26/h8-10,13-17,21,25H,11-12H2,1-7H3/t21-,25-/m0/s1. The van der Waals surface area contributed by atoms with E-state index in [0.29, 0.717) is 22.8 Å². The number of hydrogen-bond acceptors (Lipinski definition) is 9. The van der Waals surface area contributed by atoms with Crippen molar-refractivity contribution >= 4 is 10.0 Å². The van der Waals surface area contributed by atoms with E-state index in [0.717, 1.165) is 16.7 Å². The van der Waals surface area contributed by atoms with Gasteiger partial charge in [0.25, 0.3) is 10.0 Å². The maximum Gasteiger partial charge on any atom is 0.262 e. The number of sulfonamides is 1. The molecule has 0 radical (unpaired) electrons. The number of aromatic nitrogens is 6. The average molecular weight is 582 g/mol. The molecule has 12 nitrogen and oxygen atoms in total. The molecule has 0 aliphatic carbocycles. The third-order valence-electron chi connectivity index (χ3n) is 6.47. The van der Waals surface area contributed by atoms with Crippen LogP contribution < -0.4 is 10.4 Å². The second-order valence-electron chi connectivity index (χ2n) is 9.67. The molecule has 13 heteroatoms. The van der Waals surface area contributed by atoms with Crippen molar-refractivity contribution in [1.82, 2.24) is 29.3 Å². The minimum absolute atomic E-state index is 0.0708. The lowest BCUT2D eigenvalue weighted by molar-refractivity contribution is 0.0118. The topological polar surface area (TPSA) is 136 Å². The fourth-order valence-electron chi connectivity index (χ4n) is 4.31. The van der Waals surface area contributed by atoms with Gasteiger partial charge in [-0.05, 0) is 56.5 Å². The molecular weight excluding hydrogens is 546 g/mol. The Morgan fingerprint density at radius 3 is 2.39 bits per heavy atom. The molecular formula is C28H35N7O5S. The Balaban J connectivity index is 1.94. The maximum absolute atomic E-state index is 14.0. The number of rotatable bonds is 11. The Bertz CT molecular complexity index is 1680. The lowest BCUT2D eigenvalue weighted by Crippen LogP contribution is -2.33. The van der Waals surface area contributed by atoms with Crippen LogP contribution in [-0.4, -0.2) is 70.4 Å². The first-order valence-corrected chi connectivity index (χ1v) is 14.5. The zero-order valence-corrected chi connectivity index (χ0v) is 25.1. The summed E-state index contributed by atoms with van der Waals surface area (Å²) < 4.78 is 52.1. The lowest BCUT2D eigenvalue weighted by atomic mass is 10.1. The van der Waals surface area contributed by atoms with Crippen LogP contribution in [0, 0.1) is 20.8 Å². The second kappa shape index (κ2) is 12.7. The number of ether oxygens (including phenoxy) is 3. The van der Waals surface area contributed by atoms with E-state index >= 15 is 0 Å². The van der Waals surface area contributed by atoms with Crippen LogP contribution in [-0.2, 0) is 26.5 Å². The molecule has 0 spiro atoms. The fourth-order valence-corrected chi connectivity index (χ4v) is 5.41. The van der Waals surface area contributed by atoms with Crippen molar-refractivity contribution in [2.24, 2.45) is 11.4 Å². The first kappa shape index (κ1) is 30.0. The van der Waals surface area contributed by atoms with Crippen molar-refractivity contribution in [3.05, 3.63) is 77.2 Å². The zero-order chi connectivity index (χ0) is 29.7. The van der Waals surface area contributed by atoms with Crippen molar-refractivity contribution in [1.29, 1.82) is 0 Å². The molecule has 41 heavy (non-hydrogen) atoms. The molecule has 0 N–H and O–H groups in total. The smallest absolute Gasteiger partial charge is 0.262 e. The molecule has 0 amide bonds. The molecule has 3 aromatic heterocycles. The largest absolute Gasteiger partial charge is 0.495 e. The highest BCUT2D eigenvalue weighted by molar-refractivity contribution is 7.90. The Morgan fingerprint density at radius 2 is 1.73 bits per heavy atom. The van der Waals surface area contributed by atoms with Gasteiger partial charge in [-0.25, -0.2) is 23.1 Å². The van der Waals surface area contributed by atoms with Gasteiger partial charge in [0.1, 0.15) is 17.1 Å². The van der Waals surface area contributed by atoms with Crippen molar-refractivity contribution in [2.45, 2.75) is 39.0 Å². The van der Waals surface area contributed by atoms with Gasteiger partial charge in [0.15, 0.2) is 11.6 Å². The van der Waals surface area contributed by atoms with E-state index in [1.54, 1.807) is 56.7 Å². The predicted octanol–water partition coefficient (Wildman–Crippen LogP) is 3.02. The summed E-state index contributed by atoms with van der Waals surface area (Å²) in [6.07, 6.45) is 5.65. The number of pyridine rings is 1. The lowest BCUT2D eigenvalue weighted by Gasteiger charge is -2.21. The summed E-state index contributed by atoms with van der Waals surface area (Å²) in [6, 6.07) is 7.49. The van der Waals surface area contributed by atoms with Crippen LogP contribution in [0.3, 0.4) is 0 Å². The van der Waals surface area contributed by atoms with Crippen molar-refractivity contribution in [3.63, 3.8) is 0 Å². The molecule has 0 unspecified atom stereocenters. The van der Waals surface area contributed by atoms with Gasteiger partial charge in [0, 0.05) is 44.5 Å². The number of methoxy groups -OCH3 is 2. The second-order valence-corrected chi connectivity index (χ2v) is 11.6. The van der Waals surface area contributed by atoms with E-state index < -0.39 is 21.4 Å². The Morgan fingerprint density at radius 1 is 1.00 bits per heavy atom. The van der Waals surface area contributed by atoms with E-state index in [2.05, 4.69) is 24.4 Å². The first-order valence-electron chi connectivity index (χ1n) is 13.0. The van der Waals surface area contributed by atoms with Crippen LogP contribution >= 0.6 is 0 Å². The highest BCUT2D eigenvalue weighted by Gasteiger charge is 2.34. The summed E-state index contributed by atoms with van der Waals surface area (Å²) in [5, 5.41) is 3.54. The van der Waals surface area contributed by atoms with E-state index in [1.165, 1.54) is 11.6 Å². The molecule has 0 aliphatic heterocycles. The number of benzene rings is 1. The summed E-state index contributed by atoms with van der Waals surface area (Å²) >= 11 is 0. The molecule has 0 saturated heterocycles. The molecule has 0 fully saturated rings. The van der Waals surface area contributed by atoms with E-state index in [4.69, 9.17) is 14.2 Å². The summed E-state index contributed by atoms with van der Waals surface area (Å²) in [7, 11) is 0.510. The summed E-state index contributed by atoms with van der Waals surface area (Å²) in [5.41, 5.74) is 3.96. The average Bonchev–Trinajstić information content (AvgIpc) is 3.26. The van der Waals surface area contributed by atoms with Crippen LogP contribution in [0.25, 0.3) is 17.1 Å². The highest BCUT2D eigenvalue weighted by atomic mass is 32.2. The van der Waals surface area contributed by atoms with Crippen molar-refractivity contribution in [3.8, 4) is 22.8 Å². The van der Waals surface area contributed by atoms with Crippen molar-refractivity contribution < 1.29 is 22.6 Å². The van der Waals surface area contributed by atoms with E-state index in [1.807, 2.05) is 39.0 Å². The van der Waals surface area contributed by atoms with Crippen LogP contribution in [0.4, 0.5) is 0 Å². The molecule has 0 aliphatic rings. The maximum atomic E-state index is 14.0. The van der Waals surface area contributed by atoms with Gasteiger partial charge in [-0.2, -0.15) is 5.10 Å². The first-order chi connectivity index (χ1) is 19.6. The van der Waals surface area contributed by atoms with Crippen molar-refractivity contribution in [2.75, 3.05) is 27.4 Å². The Labute approximate surface area is 239 Å². The molecule has 4 rings (SSSR count). The molecule has 4 aromatic rings. The molecule has 0 saturated carbocycles. The summed E-state index contributed by atoms with van der Waals surface area (Å²) in [5.74, 6) is 1.22. The zero-order valence-electron chi connectivity index (χ0n) is 24.3. The van der Waals surface area contributed by atoms with Crippen LogP contribution in [0.2, 0.25) is 0 Å². The number of aryl methyl sites for hydroxylation is 4. The molecule has 2 atom stereocenters. The minimum Gasteiger partial charge on any atom is -0.495 e. The number of para-hydroxylation sites is 1. The summed E-state index contributed by atoms with van der Waals surface area (Å²) in [4.78, 5) is 13.0. The van der Waals surface area contributed by atoms with Gasteiger partial charge < -0.3 is 14.2 Å². The number of hydrogen-bond donors (Lipinski definition) is 0. The Kier molecular flexibility index (Phi) is 9.31. The van der Waals surface area contributed by atoms with Gasteiger partial charge >= 0.3 is 0 Å². The third kappa shape index (κ3) is 6.53. The van der Waals surface area contributed by atoms with Crippen LogP contribution in [0.1, 0.15) is 35.5 Å². The molecule has 1 aromatic carbocycles. The van der Waals surface area contributed by atoms with Gasteiger partial charge in [-0.15, -0.1) is 4.40 Å². The van der Waals surface area contributed by atoms with Gasteiger partial charge in [-0.1, -0.05) is 12.1 Å². The highest BCUT2D eigenvalue weighted by Crippen LogP contribution is 2.30. The molecule has 218 valence electrons. The Hall–Kier alpha value is -3.94. The monoisotopic (exact) mass is 581 g/mol. The predicted molar refractivity (Wildman–Crippen MR) is 153 cm³/mol. The third-order valence-corrected chi connectivity index (χ3v) is 8.07. The molecule has 0 bridgehead atoms. The van der Waals surface area contributed by atoms with Gasteiger partial charge in [0.05, 0.1) is 26.0 Å². The van der Waals surface area contributed by atoms with Gasteiger partial charge in [-0.3, -0.25) is 9.55 Å². The SMILES string of the molecule is COCCO[C@H](c1ncc(C)cn1)[C@H](C)S(=O)(=O)N=c1n(C)nc(-c2cncc(C)c2)n1-c1c(C)cccc1OC. The minimum atomic E-state index is -4.23. The van der Waals surface area contributed by atoms with E-state index in [-0.39, 0.29) is 24.7 Å². The van der Waals surface area contributed by atoms with E-state index in [9.17, 15) is 8.42 Å². The normalized spacial score (nSPS) is 13.8. The quantitative estimate of drug-likeness (QED) is 0.245. The summed E-state index contributed by atoms with van der Waals surface area (Å²) in [6.45, 7) is 7.63. The number of nitrogens with zero attached hydrogens (tertiary/aromatic N) is 7. The van der Waals surface area contributed by atoms with Crippen LogP contribution in [0.5, 0.6) is 5.75 Å². The fraction of sp³-hybridized carbons (Fsp3) is 0.393. The molecule has 3 heterocycles. The van der Waals surface area contributed by atoms with Gasteiger partial charge in [0.2, 0.25) is 5.62 Å². The van der Waals surface area contributed by atoms with Crippen LogP contribution in [0.15, 0.2) is 53.5 Å².